The van der Waals surface area contributed by atoms with Crippen LogP contribution in [0.3, 0.4) is 0 Å². The molecule has 1 atom stereocenters. The second kappa shape index (κ2) is 14.4. The molecule has 13 heteroatoms. The molecule has 1 saturated carbocycles. The zero-order valence-corrected chi connectivity index (χ0v) is 29.7. The molecule has 2 aliphatic rings. The molecule has 1 aliphatic heterocycles. The van der Waals surface area contributed by atoms with Gasteiger partial charge in [0.1, 0.15) is 5.65 Å². The summed E-state index contributed by atoms with van der Waals surface area (Å²) in [4.78, 5) is 46.3. The fourth-order valence-electron chi connectivity index (χ4n) is 6.56. The second-order valence-corrected chi connectivity index (χ2v) is 13.6. The third-order valence-corrected chi connectivity index (χ3v) is 10.4. The minimum absolute atomic E-state index is 0.0619. The lowest BCUT2D eigenvalue weighted by Crippen LogP contribution is -2.45. The van der Waals surface area contributed by atoms with Gasteiger partial charge in [0.2, 0.25) is 17.7 Å². The molecule has 1 saturated heterocycles. The van der Waals surface area contributed by atoms with Crippen molar-refractivity contribution in [2.45, 2.75) is 50.4 Å². The first-order chi connectivity index (χ1) is 24.7. The monoisotopic (exact) mass is 725 g/mol. The average Bonchev–Trinajstić information content (AvgIpc) is 3.83. The Kier molecular flexibility index (Phi) is 9.80. The Labute approximate surface area is 304 Å². The second-order valence-electron chi connectivity index (χ2n) is 12.9. The van der Waals surface area contributed by atoms with Gasteiger partial charge in [-0.1, -0.05) is 65.7 Å². The van der Waals surface area contributed by atoms with Crippen LogP contribution in [0.25, 0.3) is 39.2 Å². The van der Waals surface area contributed by atoms with Gasteiger partial charge in [-0.25, -0.2) is 9.97 Å². The van der Waals surface area contributed by atoms with Crippen molar-refractivity contribution in [1.82, 2.24) is 35.6 Å². The molecule has 3 aromatic heterocycles. The number of fused-ring (bicyclic) bond motifs is 1. The largest absolute Gasteiger partial charge is 0.481 e. The van der Waals surface area contributed by atoms with Crippen molar-refractivity contribution < 1.29 is 14.3 Å². The van der Waals surface area contributed by atoms with Crippen molar-refractivity contribution in [3.8, 4) is 39.4 Å². The number of hydrogen-bond acceptors (Lipinski definition) is 8. The topological polar surface area (TPSA) is 139 Å². The molecule has 2 aromatic carbocycles. The normalized spacial score (nSPS) is 16.2. The van der Waals surface area contributed by atoms with E-state index in [1.807, 2.05) is 60.7 Å². The zero-order valence-electron chi connectivity index (χ0n) is 28.2. The van der Waals surface area contributed by atoms with E-state index >= 15 is 0 Å². The number of likely N-dealkylation sites (N-methyl/N-ethyl adjacent to an activating group) is 1. The number of nitrogens with one attached hydrogen (secondary N) is 4. The molecule has 0 spiro atoms. The molecule has 4 N–H and O–H groups in total. The number of benzene rings is 2. The minimum atomic E-state index is -0.601. The van der Waals surface area contributed by atoms with E-state index in [0.717, 1.165) is 52.6 Å². The van der Waals surface area contributed by atoms with Crippen LogP contribution in [-0.2, 0) is 22.7 Å². The fourth-order valence-corrected chi connectivity index (χ4v) is 7.22. The molecule has 0 bridgehead atoms. The van der Waals surface area contributed by atoms with Crippen molar-refractivity contribution in [2.24, 2.45) is 0 Å². The van der Waals surface area contributed by atoms with Gasteiger partial charge in [0.15, 0.2) is 0 Å². The molecule has 0 unspecified atom stereocenters. The van der Waals surface area contributed by atoms with Crippen LogP contribution in [0.1, 0.15) is 36.9 Å². The Balaban J connectivity index is 1.14. The highest BCUT2D eigenvalue weighted by molar-refractivity contribution is 6.39. The summed E-state index contributed by atoms with van der Waals surface area (Å²) in [5, 5.41) is 13.3. The number of halogens is 2. The third-order valence-electron chi connectivity index (χ3n) is 9.54. The number of amides is 2. The number of carbonyl (C=O) groups is 2. The van der Waals surface area contributed by atoms with Gasteiger partial charge < -0.3 is 20.7 Å². The molecular formula is C38H37Cl2N7O4. The van der Waals surface area contributed by atoms with Gasteiger partial charge in [-0.3, -0.25) is 24.1 Å². The van der Waals surface area contributed by atoms with Crippen LogP contribution >= 0.6 is 23.2 Å². The molecule has 2 amide bonds. The van der Waals surface area contributed by atoms with Gasteiger partial charge in [-0.2, -0.15) is 0 Å². The van der Waals surface area contributed by atoms with Crippen LogP contribution in [0.15, 0.2) is 77.7 Å². The molecular weight excluding hydrogens is 689 g/mol. The lowest BCUT2D eigenvalue weighted by molar-refractivity contribution is -0.123. The number of nitrogens with zero attached hydrogens (tertiary/aromatic N) is 3. The van der Waals surface area contributed by atoms with Crippen LogP contribution in [0.4, 0.5) is 0 Å². The van der Waals surface area contributed by atoms with E-state index < -0.39 is 5.54 Å². The predicted molar refractivity (Wildman–Crippen MR) is 198 cm³/mol. The Bertz CT molecular complexity index is 2220. The van der Waals surface area contributed by atoms with E-state index in [1.54, 1.807) is 20.4 Å². The predicted octanol–water partition coefficient (Wildman–Crippen LogP) is 5.14. The Morgan fingerprint density at radius 1 is 0.961 bits per heavy atom. The molecule has 262 valence electrons. The Morgan fingerprint density at radius 3 is 2.37 bits per heavy atom. The minimum Gasteiger partial charge on any atom is -0.481 e. The van der Waals surface area contributed by atoms with Gasteiger partial charge in [-0.15, -0.1) is 0 Å². The highest BCUT2D eigenvalue weighted by Gasteiger charge is 2.49. The summed E-state index contributed by atoms with van der Waals surface area (Å²) in [6.45, 7) is 1.49. The summed E-state index contributed by atoms with van der Waals surface area (Å²) in [5.74, 6) is 0.513. The van der Waals surface area contributed by atoms with E-state index in [4.69, 9.17) is 37.9 Å². The molecule has 0 radical (unpaired) electrons. The highest BCUT2D eigenvalue weighted by Crippen LogP contribution is 2.42. The molecule has 2 fully saturated rings. The number of aromatic nitrogens is 3. The zero-order chi connectivity index (χ0) is 35.7. The number of rotatable bonds is 12. The molecule has 4 heterocycles. The fraction of sp³-hybridized carbons (Fsp3) is 0.289. The number of pyridine rings is 2. The van der Waals surface area contributed by atoms with Crippen LogP contribution in [0.5, 0.6) is 5.88 Å². The lowest BCUT2D eigenvalue weighted by Gasteiger charge is -2.16. The first-order valence-electron chi connectivity index (χ1n) is 16.8. The first-order valence-corrected chi connectivity index (χ1v) is 17.6. The quantitative estimate of drug-likeness (QED) is 0.139. The molecule has 51 heavy (non-hydrogen) atoms. The average molecular weight is 727 g/mol. The number of hydrogen-bond donors (Lipinski definition) is 4. The molecule has 11 nitrogen and oxygen atoms in total. The van der Waals surface area contributed by atoms with Gasteiger partial charge >= 0.3 is 0 Å². The van der Waals surface area contributed by atoms with E-state index in [1.165, 1.54) is 10.5 Å². The highest BCUT2D eigenvalue weighted by atomic mass is 35.5. The van der Waals surface area contributed by atoms with Gasteiger partial charge in [0, 0.05) is 79.2 Å². The third kappa shape index (κ3) is 7.07. The van der Waals surface area contributed by atoms with Gasteiger partial charge in [0.05, 0.1) is 34.1 Å². The van der Waals surface area contributed by atoms with Crippen molar-refractivity contribution in [3.05, 3.63) is 105 Å². The van der Waals surface area contributed by atoms with E-state index in [9.17, 15) is 14.4 Å². The summed E-state index contributed by atoms with van der Waals surface area (Å²) in [6, 6.07) is 20.6. The van der Waals surface area contributed by atoms with E-state index in [-0.39, 0.29) is 30.0 Å². The van der Waals surface area contributed by atoms with Crippen LogP contribution in [-0.4, -0.2) is 58.5 Å². The maximum absolute atomic E-state index is 13.0. The van der Waals surface area contributed by atoms with Crippen LogP contribution in [0.2, 0.25) is 10.0 Å². The number of methoxy groups -OCH3 is 1. The maximum atomic E-state index is 13.0. The van der Waals surface area contributed by atoms with Crippen LogP contribution in [0, 0.1) is 0 Å². The Morgan fingerprint density at radius 2 is 1.69 bits per heavy atom. The number of carbonyl (C=O) groups excluding carboxylic acids is 2. The summed E-state index contributed by atoms with van der Waals surface area (Å²) < 4.78 is 7.13. The lowest BCUT2D eigenvalue weighted by atomic mass is 9.97. The summed E-state index contributed by atoms with van der Waals surface area (Å²) >= 11 is 14.2. The van der Waals surface area contributed by atoms with Crippen molar-refractivity contribution >= 4 is 40.7 Å². The molecule has 1 aliphatic carbocycles. The van der Waals surface area contributed by atoms with Crippen molar-refractivity contribution in [1.29, 1.82) is 0 Å². The van der Waals surface area contributed by atoms with Crippen molar-refractivity contribution in [3.63, 3.8) is 0 Å². The summed E-state index contributed by atoms with van der Waals surface area (Å²) in [7, 11) is 3.20. The summed E-state index contributed by atoms with van der Waals surface area (Å²) in [5.41, 5.74) is 5.46. The van der Waals surface area contributed by atoms with E-state index in [2.05, 4.69) is 21.3 Å². The van der Waals surface area contributed by atoms with Crippen molar-refractivity contribution in [2.75, 3.05) is 20.7 Å². The first kappa shape index (κ1) is 34.6. The maximum Gasteiger partial charge on any atom is 0.258 e. The van der Waals surface area contributed by atoms with E-state index in [0.29, 0.717) is 52.5 Å². The summed E-state index contributed by atoms with van der Waals surface area (Å²) in [6.07, 6.45) is 4.55. The molecule has 5 aromatic rings. The standard InChI is InChI=1S/C38H37Cl2N7O4/c1-41-37(50)38(14-15-38)43-21-25-18-33(49)47-16-13-22(17-31(47)44-25)26-5-3-6-27(34(26)39)28-7-4-8-29(35(28)40)30-11-9-23(36(46-30)51-2)19-42-20-24-10-12-32(48)45-24/h3-9,11,13,16-18,24,42-43H,10,12,14-15,19-21H2,1-2H3,(H,41,50)(H,45,48)/t24-/m1/s1. The number of ether oxygens (including phenoxy) is 1. The van der Waals surface area contributed by atoms with Crippen LogP contribution < -0.4 is 31.6 Å². The Hall–Kier alpha value is -4.81. The SMILES string of the molecule is CNC(=O)C1(NCc2cc(=O)n3ccc(-c4cccc(-c5cccc(-c6ccc(CNC[C@H]7CCC(=O)N7)c(OC)n6)c5Cl)c4Cl)cc3n2)CC1. The smallest absolute Gasteiger partial charge is 0.258 e. The van der Waals surface area contributed by atoms with Gasteiger partial charge in [0.25, 0.3) is 5.56 Å². The molecule has 7 rings (SSSR count). The van der Waals surface area contributed by atoms with Gasteiger partial charge in [-0.05, 0) is 43.0 Å².